The molecule has 0 radical (unpaired) electrons. The van der Waals surface area contributed by atoms with Crippen molar-refractivity contribution >= 4 is 11.6 Å². The molecule has 0 unspecified atom stereocenters. The van der Waals surface area contributed by atoms with E-state index in [1.807, 2.05) is 13.8 Å². The van der Waals surface area contributed by atoms with Gasteiger partial charge in [0.2, 0.25) is 0 Å². The molecule has 0 bridgehead atoms. The van der Waals surface area contributed by atoms with Gasteiger partial charge in [-0.25, -0.2) is 9.78 Å². The molecule has 6 heteroatoms. The van der Waals surface area contributed by atoms with E-state index in [1.54, 1.807) is 0 Å². The van der Waals surface area contributed by atoms with Gasteiger partial charge in [-0.15, -0.1) is 5.10 Å². The average Bonchev–Trinajstić information content (AvgIpc) is 2.59. The van der Waals surface area contributed by atoms with Crippen LogP contribution < -0.4 is 0 Å². The normalized spacial score (nSPS) is 11.1. The third kappa shape index (κ3) is 1.43. The van der Waals surface area contributed by atoms with Gasteiger partial charge in [-0.3, -0.25) is 0 Å². The van der Waals surface area contributed by atoms with Gasteiger partial charge in [0.1, 0.15) is 5.69 Å². The van der Waals surface area contributed by atoms with Crippen LogP contribution >= 0.6 is 0 Å². The van der Waals surface area contributed by atoms with Gasteiger partial charge >= 0.3 is 5.97 Å². The van der Waals surface area contributed by atoms with E-state index in [2.05, 4.69) is 15.3 Å². The van der Waals surface area contributed by atoms with Crippen LogP contribution in [0.3, 0.4) is 0 Å². The molecular formula is C9H10N4O2. The van der Waals surface area contributed by atoms with Crippen molar-refractivity contribution in [1.82, 2.24) is 19.8 Å². The van der Waals surface area contributed by atoms with Crippen molar-refractivity contribution in [2.24, 2.45) is 0 Å². The zero-order valence-electron chi connectivity index (χ0n) is 8.38. The van der Waals surface area contributed by atoms with Crippen molar-refractivity contribution in [3.8, 4) is 0 Å². The Kier molecular flexibility index (Phi) is 2.11. The molecule has 6 nitrogen and oxygen atoms in total. The molecule has 2 aromatic rings. The van der Waals surface area contributed by atoms with Gasteiger partial charge in [0, 0.05) is 12.1 Å². The van der Waals surface area contributed by atoms with E-state index < -0.39 is 5.97 Å². The van der Waals surface area contributed by atoms with Crippen LogP contribution in [0.4, 0.5) is 0 Å². The Hall–Kier alpha value is -1.98. The van der Waals surface area contributed by atoms with Gasteiger partial charge in [0.05, 0.1) is 0 Å². The number of carboxylic acid groups (broad SMARTS) is 1. The van der Waals surface area contributed by atoms with E-state index in [9.17, 15) is 4.79 Å². The van der Waals surface area contributed by atoms with Gasteiger partial charge in [0.25, 0.3) is 0 Å². The minimum atomic E-state index is -1.04. The molecule has 2 aromatic heterocycles. The first-order chi connectivity index (χ1) is 7.11. The molecule has 0 aliphatic rings. The van der Waals surface area contributed by atoms with Gasteiger partial charge in [-0.2, -0.15) is 4.52 Å². The second-order valence-electron chi connectivity index (χ2n) is 3.50. The maximum atomic E-state index is 10.9. The van der Waals surface area contributed by atoms with Gasteiger partial charge in [-0.1, -0.05) is 19.1 Å². The summed E-state index contributed by atoms with van der Waals surface area (Å²) < 4.78 is 1.25. The van der Waals surface area contributed by atoms with Gasteiger partial charge in [-0.05, 0) is 6.07 Å². The number of rotatable bonds is 2. The summed E-state index contributed by atoms with van der Waals surface area (Å²) in [5, 5.41) is 16.6. The maximum absolute atomic E-state index is 10.9. The molecule has 0 aliphatic carbocycles. The average molecular weight is 206 g/mol. The van der Waals surface area contributed by atoms with Crippen LogP contribution in [0.5, 0.6) is 0 Å². The molecule has 0 amide bonds. The number of aromatic nitrogens is 4. The molecule has 0 atom stereocenters. The quantitative estimate of drug-likeness (QED) is 0.791. The first-order valence-corrected chi connectivity index (χ1v) is 4.55. The standard InChI is InChI=1S/C9H10N4O2/c1-5(2)7-8-10-4-3-6(9(14)15)13(8)12-11-7/h3-5H,1-2H3,(H,14,15). The van der Waals surface area contributed by atoms with Gasteiger partial charge in [0.15, 0.2) is 11.3 Å². The highest BCUT2D eigenvalue weighted by molar-refractivity contribution is 5.86. The Morgan fingerprint density at radius 2 is 2.27 bits per heavy atom. The van der Waals surface area contributed by atoms with Crippen LogP contribution in [0.15, 0.2) is 12.3 Å². The second kappa shape index (κ2) is 3.30. The monoisotopic (exact) mass is 206 g/mol. The first kappa shape index (κ1) is 9.57. The van der Waals surface area contributed by atoms with Crippen molar-refractivity contribution in [1.29, 1.82) is 0 Å². The molecule has 2 heterocycles. The zero-order chi connectivity index (χ0) is 11.0. The minimum Gasteiger partial charge on any atom is -0.477 e. The summed E-state index contributed by atoms with van der Waals surface area (Å²) in [6, 6.07) is 1.40. The summed E-state index contributed by atoms with van der Waals surface area (Å²) in [6.07, 6.45) is 1.45. The summed E-state index contributed by atoms with van der Waals surface area (Å²) in [6.45, 7) is 3.91. The number of hydrogen-bond acceptors (Lipinski definition) is 4. The van der Waals surface area contributed by atoms with E-state index in [0.717, 1.165) is 0 Å². The van der Waals surface area contributed by atoms with Crippen molar-refractivity contribution in [2.45, 2.75) is 19.8 Å². The lowest BCUT2D eigenvalue weighted by atomic mass is 10.1. The molecule has 0 saturated heterocycles. The highest BCUT2D eigenvalue weighted by Crippen LogP contribution is 2.16. The number of fused-ring (bicyclic) bond motifs is 1. The molecule has 0 fully saturated rings. The fraction of sp³-hybridized carbons (Fsp3) is 0.333. The zero-order valence-corrected chi connectivity index (χ0v) is 8.38. The van der Waals surface area contributed by atoms with Crippen LogP contribution in [0, 0.1) is 0 Å². The Bertz CT molecular complexity index is 518. The van der Waals surface area contributed by atoms with Crippen LogP contribution in [0.2, 0.25) is 0 Å². The Labute approximate surface area is 85.6 Å². The molecule has 2 rings (SSSR count). The molecule has 0 saturated carbocycles. The number of nitrogens with zero attached hydrogens (tertiary/aromatic N) is 4. The molecule has 15 heavy (non-hydrogen) atoms. The third-order valence-electron chi connectivity index (χ3n) is 2.10. The predicted octanol–water partition coefficient (Wildman–Crippen LogP) is 0.946. The van der Waals surface area contributed by atoms with E-state index in [-0.39, 0.29) is 11.6 Å². The first-order valence-electron chi connectivity index (χ1n) is 4.55. The van der Waals surface area contributed by atoms with E-state index in [0.29, 0.717) is 11.3 Å². The summed E-state index contributed by atoms with van der Waals surface area (Å²) in [5.41, 5.74) is 1.28. The number of hydrogen-bond donors (Lipinski definition) is 1. The van der Waals surface area contributed by atoms with Crippen LogP contribution in [-0.4, -0.2) is 30.9 Å². The second-order valence-corrected chi connectivity index (χ2v) is 3.50. The van der Waals surface area contributed by atoms with Gasteiger partial charge < -0.3 is 5.11 Å². The molecule has 0 aliphatic heterocycles. The third-order valence-corrected chi connectivity index (χ3v) is 2.10. The molecule has 0 aromatic carbocycles. The summed E-state index contributed by atoms with van der Waals surface area (Å²) in [5.74, 6) is -0.873. The van der Waals surface area contributed by atoms with Crippen molar-refractivity contribution in [3.63, 3.8) is 0 Å². The van der Waals surface area contributed by atoms with E-state index in [4.69, 9.17) is 5.11 Å². The number of aromatic carboxylic acids is 1. The highest BCUT2D eigenvalue weighted by Gasteiger charge is 2.15. The van der Waals surface area contributed by atoms with Crippen molar-refractivity contribution in [2.75, 3.05) is 0 Å². The Balaban J connectivity index is 2.74. The lowest BCUT2D eigenvalue weighted by molar-refractivity contribution is 0.0687. The SMILES string of the molecule is CC(C)c1nnn2c(C(=O)O)ccnc12. The molecule has 1 N–H and O–H groups in total. The lowest BCUT2D eigenvalue weighted by Crippen LogP contribution is -2.07. The fourth-order valence-electron chi connectivity index (χ4n) is 1.36. The topological polar surface area (TPSA) is 80.4 Å². The molecular weight excluding hydrogens is 196 g/mol. The Morgan fingerprint density at radius 3 is 2.87 bits per heavy atom. The smallest absolute Gasteiger partial charge is 0.354 e. The maximum Gasteiger partial charge on any atom is 0.354 e. The van der Waals surface area contributed by atoms with Crippen LogP contribution in [-0.2, 0) is 0 Å². The van der Waals surface area contributed by atoms with E-state index in [1.165, 1.54) is 16.8 Å². The fourth-order valence-corrected chi connectivity index (χ4v) is 1.36. The summed E-state index contributed by atoms with van der Waals surface area (Å²) in [4.78, 5) is 15.0. The minimum absolute atomic E-state index is 0.0689. The summed E-state index contributed by atoms with van der Waals surface area (Å²) in [7, 11) is 0. The Morgan fingerprint density at radius 1 is 1.53 bits per heavy atom. The van der Waals surface area contributed by atoms with Crippen molar-refractivity contribution in [3.05, 3.63) is 23.7 Å². The predicted molar refractivity (Wildman–Crippen MR) is 51.8 cm³/mol. The summed E-state index contributed by atoms with van der Waals surface area (Å²) >= 11 is 0. The molecule has 78 valence electrons. The number of carboxylic acids is 1. The lowest BCUT2D eigenvalue weighted by Gasteiger charge is -2.00. The largest absolute Gasteiger partial charge is 0.477 e. The van der Waals surface area contributed by atoms with Crippen LogP contribution in [0.25, 0.3) is 5.65 Å². The van der Waals surface area contributed by atoms with Crippen LogP contribution in [0.1, 0.15) is 35.9 Å². The van der Waals surface area contributed by atoms with E-state index >= 15 is 0 Å². The number of carbonyl (C=O) groups is 1. The highest BCUT2D eigenvalue weighted by atomic mass is 16.4. The van der Waals surface area contributed by atoms with Crippen molar-refractivity contribution < 1.29 is 9.90 Å². The molecule has 0 spiro atoms.